The molecule has 1 aromatic heterocycles. The van der Waals surface area contributed by atoms with E-state index < -0.39 is 21.7 Å². The number of rotatable bonds is 5. The highest BCUT2D eigenvalue weighted by Crippen LogP contribution is 2.28. The summed E-state index contributed by atoms with van der Waals surface area (Å²) >= 11 is 0. The molecule has 4 rings (SSSR count). The van der Waals surface area contributed by atoms with Gasteiger partial charge in [-0.2, -0.15) is 0 Å². The zero-order chi connectivity index (χ0) is 24.6. The van der Waals surface area contributed by atoms with Gasteiger partial charge < -0.3 is 9.88 Å². The monoisotopic (exact) mass is 485 g/mol. The maximum atomic E-state index is 14.6. The number of aromatic nitrogens is 3. The van der Waals surface area contributed by atoms with Gasteiger partial charge in [0.2, 0.25) is 10.0 Å². The summed E-state index contributed by atoms with van der Waals surface area (Å²) in [6.07, 6.45) is 4.05. The molecule has 0 saturated heterocycles. The first-order valence-corrected chi connectivity index (χ1v) is 12.6. The van der Waals surface area contributed by atoms with Crippen molar-refractivity contribution >= 4 is 21.6 Å². The first-order valence-electron chi connectivity index (χ1n) is 11.2. The van der Waals surface area contributed by atoms with E-state index in [2.05, 4.69) is 15.5 Å². The lowest BCUT2D eigenvalue weighted by molar-refractivity contribution is 0.102. The summed E-state index contributed by atoms with van der Waals surface area (Å²) < 4.78 is 43.3. The van der Waals surface area contributed by atoms with Gasteiger partial charge in [-0.1, -0.05) is 6.42 Å². The molecule has 0 fully saturated rings. The molecule has 0 saturated carbocycles. The Morgan fingerprint density at radius 2 is 1.85 bits per heavy atom. The van der Waals surface area contributed by atoms with Crippen molar-refractivity contribution in [1.29, 1.82) is 0 Å². The summed E-state index contributed by atoms with van der Waals surface area (Å²) in [7, 11) is -0.887. The van der Waals surface area contributed by atoms with Crippen molar-refractivity contribution in [2.45, 2.75) is 51.0 Å². The van der Waals surface area contributed by atoms with E-state index in [-0.39, 0.29) is 16.1 Å². The maximum absolute atomic E-state index is 14.6. The zero-order valence-electron chi connectivity index (χ0n) is 19.7. The number of aryl methyl sites for hydroxylation is 2. The Hall–Kier alpha value is -3.11. The van der Waals surface area contributed by atoms with Crippen molar-refractivity contribution in [3.8, 4) is 11.4 Å². The van der Waals surface area contributed by atoms with Crippen LogP contribution in [0.2, 0.25) is 0 Å². The third-order valence-electron chi connectivity index (χ3n) is 6.22. The van der Waals surface area contributed by atoms with Crippen molar-refractivity contribution < 1.29 is 17.6 Å². The van der Waals surface area contributed by atoms with Crippen LogP contribution < -0.4 is 5.32 Å². The molecule has 0 spiro atoms. The van der Waals surface area contributed by atoms with Gasteiger partial charge in [-0.05, 0) is 68.1 Å². The molecule has 0 aliphatic carbocycles. The van der Waals surface area contributed by atoms with Gasteiger partial charge in [0.05, 0.1) is 10.6 Å². The Morgan fingerprint density at radius 3 is 2.59 bits per heavy atom. The van der Waals surface area contributed by atoms with Crippen LogP contribution >= 0.6 is 0 Å². The Kier molecular flexibility index (Phi) is 6.55. The molecule has 0 unspecified atom stereocenters. The average molecular weight is 486 g/mol. The van der Waals surface area contributed by atoms with Crippen LogP contribution in [0.15, 0.2) is 35.2 Å². The first kappa shape index (κ1) is 24.0. The number of sulfonamides is 1. The minimum absolute atomic E-state index is 0.0104. The molecule has 1 aliphatic rings. The number of amides is 1. The summed E-state index contributed by atoms with van der Waals surface area (Å²) in [5.41, 5.74) is 1.97. The summed E-state index contributed by atoms with van der Waals surface area (Å²) in [4.78, 5) is 13.1. The lowest BCUT2D eigenvalue weighted by Gasteiger charge is -2.17. The number of nitrogens with zero attached hydrogens (tertiary/aromatic N) is 4. The van der Waals surface area contributed by atoms with Crippen LogP contribution in [0.3, 0.4) is 0 Å². The second kappa shape index (κ2) is 9.27. The van der Waals surface area contributed by atoms with E-state index in [1.807, 2.05) is 4.57 Å². The highest BCUT2D eigenvalue weighted by atomic mass is 32.2. The molecule has 1 N–H and O–H groups in total. The van der Waals surface area contributed by atoms with Gasteiger partial charge in [-0.3, -0.25) is 4.79 Å². The Morgan fingerprint density at radius 1 is 1.09 bits per heavy atom. The fraction of sp³-hybridized carbons (Fsp3) is 0.375. The second-order valence-corrected chi connectivity index (χ2v) is 10.9. The molecular formula is C24H28FN5O3S. The van der Waals surface area contributed by atoms with Crippen molar-refractivity contribution in [3.05, 3.63) is 58.7 Å². The van der Waals surface area contributed by atoms with Gasteiger partial charge in [0.25, 0.3) is 5.91 Å². The standard InChI is InChI=1S/C24H28FN5O3S/c1-15-12-18(14-21(16(15)2)34(32,33)29(3)4)24(31)26-20-13-17(9-10-19(20)25)23-28-27-22-8-6-5-7-11-30(22)23/h9-10,12-14H,5-8,11H2,1-4H3,(H,26,31). The summed E-state index contributed by atoms with van der Waals surface area (Å²) in [5.74, 6) is 0.345. The molecule has 180 valence electrons. The molecule has 3 aromatic rings. The largest absolute Gasteiger partial charge is 0.319 e. The number of halogens is 1. The van der Waals surface area contributed by atoms with Gasteiger partial charge in [-0.15, -0.1) is 10.2 Å². The fourth-order valence-electron chi connectivity index (χ4n) is 4.08. The molecule has 8 nitrogen and oxygen atoms in total. The Labute approximate surface area is 198 Å². The molecule has 34 heavy (non-hydrogen) atoms. The van der Waals surface area contributed by atoms with Crippen LogP contribution in [0.5, 0.6) is 0 Å². The molecule has 1 aliphatic heterocycles. The van der Waals surface area contributed by atoms with Crippen molar-refractivity contribution in [2.24, 2.45) is 0 Å². The van der Waals surface area contributed by atoms with Crippen molar-refractivity contribution in [1.82, 2.24) is 19.1 Å². The zero-order valence-corrected chi connectivity index (χ0v) is 20.5. The highest BCUT2D eigenvalue weighted by Gasteiger charge is 2.24. The molecule has 0 radical (unpaired) electrons. The van der Waals surface area contributed by atoms with E-state index >= 15 is 0 Å². The van der Waals surface area contributed by atoms with Gasteiger partial charge in [-0.25, -0.2) is 17.1 Å². The van der Waals surface area contributed by atoms with Crippen LogP contribution in [-0.2, 0) is 23.0 Å². The lowest BCUT2D eigenvalue weighted by atomic mass is 10.1. The van der Waals surface area contributed by atoms with Gasteiger partial charge in [0, 0.05) is 38.2 Å². The predicted octanol–water partition coefficient (Wildman–Crippen LogP) is 3.93. The van der Waals surface area contributed by atoms with E-state index in [1.165, 1.54) is 32.3 Å². The summed E-state index contributed by atoms with van der Waals surface area (Å²) in [6.45, 7) is 4.22. The van der Waals surface area contributed by atoms with E-state index in [0.29, 0.717) is 22.5 Å². The first-order chi connectivity index (χ1) is 16.1. The van der Waals surface area contributed by atoms with Crippen molar-refractivity contribution in [3.63, 3.8) is 0 Å². The van der Waals surface area contributed by atoms with Crippen LogP contribution in [-0.4, -0.2) is 47.5 Å². The van der Waals surface area contributed by atoms with Crippen LogP contribution in [0.1, 0.15) is 46.6 Å². The topological polar surface area (TPSA) is 97.2 Å². The molecule has 0 bridgehead atoms. The third kappa shape index (κ3) is 4.47. The average Bonchev–Trinajstić information content (AvgIpc) is 3.04. The molecular weight excluding hydrogens is 457 g/mol. The van der Waals surface area contributed by atoms with E-state index in [1.54, 1.807) is 26.0 Å². The molecule has 2 heterocycles. The van der Waals surface area contributed by atoms with Gasteiger partial charge in [0.1, 0.15) is 11.6 Å². The smallest absolute Gasteiger partial charge is 0.255 e. The number of benzene rings is 2. The number of hydrogen-bond donors (Lipinski definition) is 1. The Balaban J connectivity index is 1.68. The quantitative estimate of drug-likeness (QED) is 0.591. The van der Waals surface area contributed by atoms with Gasteiger partial charge in [0.15, 0.2) is 5.82 Å². The van der Waals surface area contributed by atoms with Crippen LogP contribution in [0.4, 0.5) is 10.1 Å². The van der Waals surface area contributed by atoms with Crippen LogP contribution in [0.25, 0.3) is 11.4 Å². The Bertz CT molecular complexity index is 1370. The predicted molar refractivity (Wildman–Crippen MR) is 128 cm³/mol. The fourth-order valence-corrected chi connectivity index (χ4v) is 5.29. The number of fused-ring (bicyclic) bond motifs is 1. The molecule has 0 atom stereocenters. The number of hydrogen-bond acceptors (Lipinski definition) is 5. The molecule has 10 heteroatoms. The van der Waals surface area contributed by atoms with Crippen molar-refractivity contribution in [2.75, 3.05) is 19.4 Å². The molecule has 1 amide bonds. The normalized spacial score (nSPS) is 14.1. The second-order valence-electron chi connectivity index (χ2n) is 8.75. The highest BCUT2D eigenvalue weighted by molar-refractivity contribution is 7.89. The van der Waals surface area contributed by atoms with E-state index in [9.17, 15) is 17.6 Å². The number of carbonyl (C=O) groups is 1. The number of carbonyl (C=O) groups excluding carboxylic acids is 1. The number of nitrogens with one attached hydrogen (secondary N) is 1. The van der Waals surface area contributed by atoms with E-state index in [0.717, 1.165) is 42.4 Å². The third-order valence-corrected chi connectivity index (χ3v) is 8.16. The van der Waals surface area contributed by atoms with Crippen LogP contribution in [0, 0.1) is 19.7 Å². The minimum atomic E-state index is -3.75. The lowest BCUT2D eigenvalue weighted by Crippen LogP contribution is -2.24. The maximum Gasteiger partial charge on any atom is 0.255 e. The molecule has 2 aromatic carbocycles. The van der Waals surface area contributed by atoms with Gasteiger partial charge >= 0.3 is 0 Å². The summed E-state index contributed by atoms with van der Waals surface area (Å²) in [6, 6.07) is 7.36. The summed E-state index contributed by atoms with van der Waals surface area (Å²) in [5, 5.41) is 11.2. The minimum Gasteiger partial charge on any atom is -0.319 e. The SMILES string of the molecule is Cc1cc(C(=O)Nc2cc(-c3nnc4n3CCCCC4)ccc2F)cc(S(=O)(=O)N(C)C)c1C. The number of anilines is 1. The van der Waals surface area contributed by atoms with E-state index in [4.69, 9.17) is 0 Å².